The van der Waals surface area contributed by atoms with Gasteiger partial charge in [0, 0.05) is 23.1 Å². The summed E-state index contributed by atoms with van der Waals surface area (Å²) >= 11 is 1.26. The molecule has 0 bridgehead atoms. The van der Waals surface area contributed by atoms with E-state index in [1.54, 1.807) is 24.3 Å². The maximum Gasteiger partial charge on any atom is 0.419 e. The largest absolute Gasteiger partial charge is 0.492 e. The predicted molar refractivity (Wildman–Crippen MR) is 110 cm³/mol. The van der Waals surface area contributed by atoms with Crippen molar-refractivity contribution >= 4 is 18.0 Å². The van der Waals surface area contributed by atoms with Gasteiger partial charge in [-0.1, -0.05) is 18.2 Å². The Morgan fingerprint density at radius 3 is 2.17 bits per heavy atom. The molecule has 0 aliphatic rings. The number of nitrogens with zero attached hydrogens (tertiary/aromatic N) is 1. The summed E-state index contributed by atoms with van der Waals surface area (Å²) in [5.41, 5.74) is 0. The molecule has 0 spiro atoms. The number of hydrogen-bond donors (Lipinski definition) is 0. The van der Waals surface area contributed by atoms with E-state index in [2.05, 4.69) is 0 Å². The van der Waals surface area contributed by atoms with E-state index in [9.17, 15) is 13.6 Å². The van der Waals surface area contributed by atoms with E-state index >= 15 is 0 Å². The van der Waals surface area contributed by atoms with Crippen LogP contribution >= 0.6 is 11.9 Å². The lowest BCUT2D eigenvalue weighted by Crippen LogP contribution is -2.28. The van der Waals surface area contributed by atoms with Crippen LogP contribution in [0.1, 0.15) is 0 Å². The van der Waals surface area contributed by atoms with Gasteiger partial charge in [-0.15, -0.1) is 0 Å². The Bertz CT molecular complexity index is 950. The molecule has 3 aromatic rings. The Morgan fingerprint density at radius 2 is 1.53 bits per heavy atom. The molecule has 0 heterocycles. The van der Waals surface area contributed by atoms with E-state index in [0.29, 0.717) is 18.0 Å². The Hall–Kier alpha value is -3.26. The second kappa shape index (κ2) is 10.5. The second-order valence-corrected chi connectivity index (χ2v) is 7.10. The number of methoxy groups -OCH3 is 1. The van der Waals surface area contributed by atoms with Crippen LogP contribution in [0.4, 0.5) is 13.6 Å². The molecule has 0 aliphatic carbocycles. The molecule has 0 atom stereocenters. The average Bonchev–Trinajstić information content (AvgIpc) is 2.74. The fourth-order valence-electron chi connectivity index (χ4n) is 2.46. The molecule has 0 radical (unpaired) electrons. The Labute approximate surface area is 177 Å². The van der Waals surface area contributed by atoms with Crippen LogP contribution in [-0.2, 0) is 4.74 Å². The fourth-order valence-corrected chi connectivity index (χ4v) is 3.31. The van der Waals surface area contributed by atoms with Gasteiger partial charge in [0.2, 0.25) is 0 Å². The van der Waals surface area contributed by atoms with Crippen molar-refractivity contribution in [3.63, 3.8) is 0 Å². The number of amides is 1. The minimum absolute atomic E-state index is 0.0628. The molecule has 156 valence electrons. The van der Waals surface area contributed by atoms with E-state index in [-0.39, 0.29) is 12.4 Å². The van der Waals surface area contributed by atoms with Crippen molar-refractivity contribution in [1.29, 1.82) is 0 Å². The number of carbonyl (C=O) groups excluding carboxylic acids is 1. The molecule has 5 nitrogen and oxygen atoms in total. The van der Waals surface area contributed by atoms with Crippen LogP contribution in [0.5, 0.6) is 17.2 Å². The van der Waals surface area contributed by atoms with E-state index in [4.69, 9.17) is 14.2 Å². The summed E-state index contributed by atoms with van der Waals surface area (Å²) < 4.78 is 43.9. The Morgan fingerprint density at radius 1 is 0.900 bits per heavy atom. The van der Waals surface area contributed by atoms with Gasteiger partial charge < -0.3 is 14.2 Å². The first kappa shape index (κ1) is 21.4. The van der Waals surface area contributed by atoms with Crippen molar-refractivity contribution in [2.75, 3.05) is 20.3 Å². The SMILES string of the molecule is COC(=O)N(CCOc1ccc(Oc2cc(F)cc(F)c2)cc1)Sc1ccccc1. The van der Waals surface area contributed by atoms with Crippen LogP contribution in [0.3, 0.4) is 0 Å². The Balaban J connectivity index is 1.53. The zero-order valence-corrected chi connectivity index (χ0v) is 16.9. The first-order chi connectivity index (χ1) is 14.5. The fraction of sp³-hybridized carbons (Fsp3) is 0.136. The third kappa shape index (κ3) is 6.38. The average molecular weight is 431 g/mol. The van der Waals surface area contributed by atoms with Crippen molar-refractivity contribution in [2.24, 2.45) is 0 Å². The summed E-state index contributed by atoms with van der Waals surface area (Å²) in [6.07, 6.45) is -0.474. The molecule has 0 aliphatic heterocycles. The van der Waals surface area contributed by atoms with Crippen molar-refractivity contribution in [3.05, 3.63) is 84.4 Å². The summed E-state index contributed by atoms with van der Waals surface area (Å²) in [7, 11) is 1.32. The first-order valence-electron chi connectivity index (χ1n) is 8.99. The van der Waals surface area contributed by atoms with E-state index in [1.165, 1.54) is 23.4 Å². The highest BCUT2D eigenvalue weighted by Crippen LogP contribution is 2.26. The molecule has 3 aromatic carbocycles. The van der Waals surface area contributed by atoms with Gasteiger partial charge >= 0.3 is 6.09 Å². The van der Waals surface area contributed by atoms with Crippen molar-refractivity contribution in [2.45, 2.75) is 4.90 Å². The third-order valence-electron chi connectivity index (χ3n) is 3.80. The normalized spacial score (nSPS) is 10.4. The van der Waals surface area contributed by atoms with Gasteiger partial charge in [-0.2, -0.15) is 0 Å². The molecule has 0 unspecified atom stereocenters. The maximum atomic E-state index is 13.2. The van der Waals surface area contributed by atoms with Crippen molar-refractivity contribution in [3.8, 4) is 17.2 Å². The molecule has 0 fully saturated rings. The zero-order chi connectivity index (χ0) is 21.3. The summed E-state index contributed by atoms with van der Waals surface area (Å²) in [4.78, 5) is 12.9. The third-order valence-corrected chi connectivity index (χ3v) is 4.83. The van der Waals surface area contributed by atoms with Crippen LogP contribution < -0.4 is 9.47 Å². The van der Waals surface area contributed by atoms with Gasteiger partial charge in [-0.25, -0.2) is 17.9 Å². The van der Waals surface area contributed by atoms with Gasteiger partial charge in [0.1, 0.15) is 35.5 Å². The van der Waals surface area contributed by atoms with Crippen molar-refractivity contribution in [1.82, 2.24) is 4.31 Å². The molecular formula is C22H19F2NO4S. The summed E-state index contributed by atoms with van der Waals surface area (Å²) in [6, 6.07) is 19.0. The highest BCUT2D eigenvalue weighted by molar-refractivity contribution is 7.97. The number of rotatable bonds is 8. The number of benzene rings is 3. The van der Waals surface area contributed by atoms with Crippen LogP contribution in [-0.4, -0.2) is 30.7 Å². The zero-order valence-electron chi connectivity index (χ0n) is 16.1. The highest BCUT2D eigenvalue weighted by atomic mass is 32.2. The number of ether oxygens (including phenoxy) is 3. The first-order valence-corrected chi connectivity index (χ1v) is 9.76. The smallest absolute Gasteiger partial charge is 0.419 e. The Kier molecular flexibility index (Phi) is 7.51. The summed E-state index contributed by atoms with van der Waals surface area (Å²) in [5.74, 6) is -0.403. The standard InChI is InChI=1S/C22H19F2NO4S/c1-27-22(26)25(30-21-5-3-2-4-6-21)11-12-28-18-7-9-19(10-8-18)29-20-14-16(23)13-17(24)15-20/h2-10,13-15H,11-12H2,1H3. The summed E-state index contributed by atoms with van der Waals surface area (Å²) in [5, 5.41) is 0. The van der Waals surface area contributed by atoms with Crippen LogP contribution in [0.25, 0.3) is 0 Å². The molecule has 3 rings (SSSR count). The van der Waals surface area contributed by atoms with Gasteiger partial charge in [-0.05, 0) is 48.3 Å². The van der Waals surface area contributed by atoms with Gasteiger partial charge in [0.05, 0.1) is 13.7 Å². The number of halogens is 2. The highest BCUT2D eigenvalue weighted by Gasteiger charge is 2.15. The van der Waals surface area contributed by atoms with E-state index in [0.717, 1.165) is 23.1 Å². The lowest BCUT2D eigenvalue weighted by atomic mass is 10.3. The molecule has 8 heteroatoms. The molecule has 30 heavy (non-hydrogen) atoms. The van der Waals surface area contributed by atoms with Crippen LogP contribution in [0.15, 0.2) is 77.7 Å². The molecule has 1 amide bonds. The molecule has 0 N–H and O–H groups in total. The van der Waals surface area contributed by atoms with Gasteiger partial charge in [-0.3, -0.25) is 0 Å². The molecule has 0 saturated carbocycles. The summed E-state index contributed by atoms with van der Waals surface area (Å²) in [6.45, 7) is 0.539. The quantitative estimate of drug-likeness (QED) is 0.415. The monoisotopic (exact) mass is 431 g/mol. The second-order valence-electron chi connectivity index (χ2n) is 6.00. The lowest BCUT2D eigenvalue weighted by Gasteiger charge is -2.19. The molecule has 0 saturated heterocycles. The minimum atomic E-state index is -0.714. The lowest BCUT2D eigenvalue weighted by molar-refractivity contribution is 0.147. The van der Waals surface area contributed by atoms with Crippen LogP contribution in [0, 0.1) is 11.6 Å². The van der Waals surface area contributed by atoms with Gasteiger partial charge in [0.25, 0.3) is 0 Å². The van der Waals surface area contributed by atoms with Gasteiger partial charge in [0.15, 0.2) is 0 Å². The molecule has 0 aromatic heterocycles. The van der Waals surface area contributed by atoms with E-state index < -0.39 is 17.7 Å². The maximum absolute atomic E-state index is 13.2. The van der Waals surface area contributed by atoms with Crippen molar-refractivity contribution < 1.29 is 27.8 Å². The van der Waals surface area contributed by atoms with Crippen LogP contribution in [0.2, 0.25) is 0 Å². The van der Waals surface area contributed by atoms with E-state index in [1.807, 2.05) is 30.3 Å². The topological polar surface area (TPSA) is 48.0 Å². The minimum Gasteiger partial charge on any atom is -0.492 e. The predicted octanol–water partition coefficient (Wildman–Crippen LogP) is 5.91. The number of carbonyl (C=O) groups is 1. The number of hydrogen-bond acceptors (Lipinski definition) is 5. The molecular weight excluding hydrogens is 412 g/mol.